The molecule has 2 heterocycles. The number of nitrogens with zero attached hydrogens (tertiary/aromatic N) is 3. The lowest BCUT2D eigenvalue weighted by Gasteiger charge is -2.26. The predicted octanol–water partition coefficient (Wildman–Crippen LogP) is 2.36. The Kier molecular flexibility index (Phi) is 4.43. The molecule has 0 bridgehead atoms. The van der Waals surface area contributed by atoms with Crippen LogP contribution in [0.1, 0.15) is 25.7 Å². The largest absolute Gasteiger partial charge is 0.303 e. The molecule has 3 nitrogen and oxygen atoms in total. The van der Waals surface area contributed by atoms with E-state index in [-0.39, 0.29) is 0 Å². The SMILES string of the molecule is Ic1cnn(CCCN2CCCCC2)c1. The smallest absolute Gasteiger partial charge is 0.0623 e. The van der Waals surface area contributed by atoms with Crippen LogP contribution in [0.5, 0.6) is 0 Å². The van der Waals surface area contributed by atoms with Crippen molar-refractivity contribution in [2.45, 2.75) is 32.2 Å². The lowest BCUT2D eigenvalue weighted by atomic mass is 10.1. The molecule has 1 aliphatic heterocycles. The normalized spacial score (nSPS) is 18.2. The Balaban J connectivity index is 1.65. The molecule has 0 spiro atoms. The van der Waals surface area contributed by atoms with Crippen molar-refractivity contribution >= 4 is 22.6 Å². The molecule has 0 radical (unpaired) electrons. The summed E-state index contributed by atoms with van der Waals surface area (Å²) in [5.41, 5.74) is 0. The minimum atomic E-state index is 1.06. The lowest BCUT2D eigenvalue weighted by Crippen LogP contribution is -2.31. The first-order valence-corrected chi connectivity index (χ1v) is 6.83. The molecule has 4 heteroatoms. The van der Waals surface area contributed by atoms with E-state index in [4.69, 9.17) is 0 Å². The van der Waals surface area contributed by atoms with Crippen molar-refractivity contribution < 1.29 is 0 Å². The number of piperidine rings is 1. The maximum absolute atomic E-state index is 4.29. The molecule has 1 aliphatic rings. The summed E-state index contributed by atoms with van der Waals surface area (Å²) in [5.74, 6) is 0. The van der Waals surface area contributed by atoms with E-state index in [1.807, 2.05) is 10.9 Å². The summed E-state index contributed by atoms with van der Waals surface area (Å²) in [7, 11) is 0. The van der Waals surface area contributed by atoms with Crippen LogP contribution in [-0.4, -0.2) is 34.3 Å². The van der Waals surface area contributed by atoms with Gasteiger partial charge < -0.3 is 4.90 Å². The van der Waals surface area contributed by atoms with E-state index in [1.54, 1.807) is 0 Å². The zero-order valence-electron chi connectivity index (χ0n) is 9.03. The Hall–Kier alpha value is -0.100. The highest BCUT2D eigenvalue weighted by Crippen LogP contribution is 2.09. The van der Waals surface area contributed by atoms with E-state index >= 15 is 0 Å². The Morgan fingerprint density at radius 1 is 1.20 bits per heavy atom. The number of rotatable bonds is 4. The van der Waals surface area contributed by atoms with E-state index in [2.05, 4.69) is 38.8 Å². The first-order chi connectivity index (χ1) is 7.34. The van der Waals surface area contributed by atoms with Gasteiger partial charge in [-0.15, -0.1) is 0 Å². The number of aryl methyl sites for hydroxylation is 1. The summed E-state index contributed by atoms with van der Waals surface area (Å²) in [4.78, 5) is 2.58. The molecule has 1 aromatic heterocycles. The summed E-state index contributed by atoms with van der Waals surface area (Å²) in [6, 6.07) is 0. The second-order valence-corrected chi connectivity index (χ2v) is 5.42. The first-order valence-electron chi connectivity index (χ1n) is 5.75. The summed E-state index contributed by atoms with van der Waals surface area (Å²) in [6.07, 6.45) is 9.45. The van der Waals surface area contributed by atoms with Crippen LogP contribution in [0.2, 0.25) is 0 Å². The lowest BCUT2D eigenvalue weighted by molar-refractivity contribution is 0.222. The summed E-state index contributed by atoms with van der Waals surface area (Å²) in [6.45, 7) is 4.89. The molecule has 0 aromatic carbocycles. The third-order valence-electron chi connectivity index (χ3n) is 2.91. The van der Waals surface area contributed by atoms with Crippen molar-refractivity contribution in [2.24, 2.45) is 0 Å². The van der Waals surface area contributed by atoms with Crippen LogP contribution in [-0.2, 0) is 6.54 Å². The minimum Gasteiger partial charge on any atom is -0.303 e. The van der Waals surface area contributed by atoms with Gasteiger partial charge in [0.1, 0.15) is 0 Å². The van der Waals surface area contributed by atoms with Gasteiger partial charge in [0.15, 0.2) is 0 Å². The molecule has 15 heavy (non-hydrogen) atoms. The highest BCUT2D eigenvalue weighted by molar-refractivity contribution is 14.1. The number of halogens is 1. The van der Waals surface area contributed by atoms with E-state index in [9.17, 15) is 0 Å². The highest BCUT2D eigenvalue weighted by atomic mass is 127. The predicted molar refractivity (Wildman–Crippen MR) is 69.9 cm³/mol. The fourth-order valence-electron chi connectivity index (χ4n) is 2.10. The highest BCUT2D eigenvalue weighted by Gasteiger charge is 2.08. The van der Waals surface area contributed by atoms with Crippen LogP contribution < -0.4 is 0 Å². The van der Waals surface area contributed by atoms with Gasteiger partial charge in [0, 0.05) is 12.7 Å². The molecular weight excluding hydrogens is 301 g/mol. The molecular formula is C11H18IN3. The Bertz CT molecular complexity index is 292. The maximum Gasteiger partial charge on any atom is 0.0623 e. The second kappa shape index (κ2) is 5.84. The van der Waals surface area contributed by atoms with Crippen molar-refractivity contribution in [3.63, 3.8) is 0 Å². The summed E-state index contributed by atoms with van der Waals surface area (Å²) < 4.78 is 3.27. The zero-order chi connectivity index (χ0) is 10.5. The molecule has 0 aliphatic carbocycles. The molecule has 0 N–H and O–H groups in total. The van der Waals surface area contributed by atoms with Crippen molar-refractivity contribution in [1.29, 1.82) is 0 Å². The topological polar surface area (TPSA) is 21.1 Å². The fraction of sp³-hybridized carbons (Fsp3) is 0.727. The van der Waals surface area contributed by atoms with E-state index in [0.29, 0.717) is 0 Å². The molecule has 0 unspecified atom stereocenters. The van der Waals surface area contributed by atoms with Crippen LogP contribution in [0, 0.1) is 3.57 Å². The average molecular weight is 319 g/mol. The van der Waals surface area contributed by atoms with Gasteiger partial charge in [-0.3, -0.25) is 4.68 Å². The Labute approximate surface area is 105 Å². The zero-order valence-corrected chi connectivity index (χ0v) is 11.2. The Morgan fingerprint density at radius 2 is 2.00 bits per heavy atom. The fourth-order valence-corrected chi connectivity index (χ4v) is 2.55. The van der Waals surface area contributed by atoms with Gasteiger partial charge in [0.05, 0.1) is 9.77 Å². The van der Waals surface area contributed by atoms with Crippen LogP contribution in [0.4, 0.5) is 0 Å². The Morgan fingerprint density at radius 3 is 2.67 bits per heavy atom. The van der Waals surface area contributed by atoms with Gasteiger partial charge in [-0.05, 0) is 61.5 Å². The first kappa shape index (κ1) is 11.4. The van der Waals surface area contributed by atoms with Gasteiger partial charge in [0.25, 0.3) is 0 Å². The summed E-state index contributed by atoms with van der Waals surface area (Å²) in [5, 5.41) is 4.29. The molecule has 0 atom stereocenters. The molecule has 1 saturated heterocycles. The van der Waals surface area contributed by atoms with Crippen LogP contribution in [0.3, 0.4) is 0 Å². The van der Waals surface area contributed by atoms with Crippen LogP contribution >= 0.6 is 22.6 Å². The van der Waals surface area contributed by atoms with Crippen molar-refractivity contribution in [3.8, 4) is 0 Å². The van der Waals surface area contributed by atoms with Gasteiger partial charge in [0.2, 0.25) is 0 Å². The molecule has 0 saturated carbocycles. The van der Waals surface area contributed by atoms with Crippen molar-refractivity contribution in [3.05, 3.63) is 16.0 Å². The van der Waals surface area contributed by atoms with Gasteiger partial charge in [-0.25, -0.2) is 0 Å². The monoisotopic (exact) mass is 319 g/mol. The average Bonchev–Trinajstić information content (AvgIpc) is 2.66. The second-order valence-electron chi connectivity index (χ2n) is 4.18. The van der Waals surface area contributed by atoms with Crippen molar-refractivity contribution in [2.75, 3.05) is 19.6 Å². The van der Waals surface area contributed by atoms with Crippen molar-refractivity contribution in [1.82, 2.24) is 14.7 Å². The van der Waals surface area contributed by atoms with E-state index in [1.165, 1.54) is 48.9 Å². The van der Waals surface area contributed by atoms with E-state index in [0.717, 1.165) is 6.54 Å². The molecule has 84 valence electrons. The minimum absolute atomic E-state index is 1.06. The number of likely N-dealkylation sites (tertiary alicyclic amines) is 1. The number of hydrogen-bond donors (Lipinski definition) is 0. The third-order valence-corrected chi connectivity index (χ3v) is 3.47. The number of aromatic nitrogens is 2. The van der Waals surface area contributed by atoms with E-state index < -0.39 is 0 Å². The van der Waals surface area contributed by atoms with Gasteiger partial charge in [-0.1, -0.05) is 6.42 Å². The molecule has 1 aromatic rings. The molecule has 0 amide bonds. The summed E-state index contributed by atoms with van der Waals surface area (Å²) >= 11 is 2.30. The number of hydrogen-bond acceptors (Lipinski definition) is 2. The van der Waals surface area contributed by atoms with Gasteiger partial charge in [-0.2, -0.15) is 5.10 Å². The quantitative estimate of drug-likeness (QED) is 0.795. The molecule has 2 rings (SSSR count). The third kappa shape index (κ3) is 3.75. The van der Waals surface area contributed by atoms with Gasteiger partial charge >= 0.3 is 0 Å². The maximum atomic E-state index is 4.29. The van der Waals surface area contributed by atoms with Crippen LogP contribution in [0.15, 0.2) is 12.4 Å². The van der Waals surface area contributed by atoms with Crippen LogP contribution in [0.25, 0.3) is 0 Å². The standard InChI is InChI=1S/C11H18IN3/c12-11-9-13-15(10-11)8-4-7-14-5-2-1-3-6-14/h9-10H,1-8H2. The molecule has 1 fully saturated rings.